The van der Waals surface area contributed by atoms with Crippen molar-refractivity contribution < 1.29 is 23.4 Å². The minimum absolute atomic E-state index is 0.0570. The fraction of sp³-hybridized carbons (Fsp3) is 0.120. The molecule has 1 fully saturated rings. The zero-order valence-electron chi connectivity index (χ0n) is 18.5. The average Bonchev–Trinajstić information content (AvgIpc) is 3.11. The molecule has 1 aliphatic rings. The molecule has 35 heavy (non-hydrogen) atoms. The maximum Gasteiger partial charge on any atom is 0.270 e. The number of hydrogen-bond donors (Lipinski definition) is 0. The van der Waals surface area contributed by atoms with Crippen LogP contribution in [0, 0.1) is 9.39 Å². The number of carbonyl (C=O) groups is 1. The number of carbonyl (C=O) groups excluding carboxylic acids is 1. The summed E-state index contributed by atoms with van der Waals surface area (Å²) in [6, 6.07) is 15.1. The highest BCUT2D eigenvalue weighted by Crippen LogP contribution is 2.40. The molecule has 0 bridgehead atoms. The van der Waals surface area contributed by atoms with Crippen molar-refractivity contribution in [2.45, 2.75) is 6.61 Å². The molecule has 10 heteroatoms. The molecule has 1 aliphatic heterocycles. The number of nitrogens with zero attached hydrogens (tertiary/aromatic N) is 1. The van der Waals surface area contributed by atoms with Crippen LogP contribution in [0.3, 0.4) is 0 Å². The summed E-state index contributed by atoms with van der Waals surface area (Å²) < 4.78 is 31.7. The SMILES string of the molecule is COc1ccc(N2C(=O)/C(=C\c3cc(I)c(OCc4ccccc4F)c(OC)c3)SC2=S)cc1Cl. The largest absolute Gasteiger partial charge is 0.495 e. The first-order chi connectivity index (χ1) is 16.8. The van der Waals surface area contributed by atoms with Crippen molar-refractivity contribution in [2.24, 2.45) is 0 Å². The van der Waals surface area contributed by atoms with E-state index in [9.17, 15) is 9.18 Å². The van der Waals surface area contributed by atoms with Crippen LogP contribution in [0.5, 0.6) is 17.2 Å². The molecule has 3 aromatic carbocycles. The lowest BCUT2D eigenvalue weighted by Gasteiger charge is -2.16. The molecule has 0 spiro atoms. The second kappa shape index (κ2) is 11.2. The Morgan fingerprint density at radius 2 is 1.86 bits per heavy atom. The lowest BCUT2D eigenvalue weighted by atomic mass is 10.1. The summed E-state index contributed by atoms with van der Waals surface area (Å²) in [5.41, 5.74) is 1.74. The predicted octanol–water partition coefficient (Wildman–Crippen LogP) is 7.09. The van der Waals surface area contributed by atoms with E-state index in [2.05, 4.69) is 22.6 Å². The highest BCUT2D eigenvalue weighted by molar-refractivity contribution is 14.1. The van der Waals surface area contributed by atoms with E-state index in [0.717, 1.165) is 9.13 Å². The van der Waals surface area contributed by atoms with E-state index in [1.54, 1.807) is 48.5 Å². The first-order valence-electron chi connectivity index (χ1n) is 10.2. The maximum atomic E-state index is 14.0. The predicted molar refractivity (Wildman–Crippen MR) is 150 cm³/mol. The fourth-order valence-electron chi connectivity index (χ4n) is 3.36. The van der Waals surface area contributed by atoms with E-state index in [1.807, 2.05) is 6.07 Å². The summed E-state index contributed by atoms with van der Waals surface area (Å²) in [5, 5.41) is 0.383. The standard InChI is InChI=1S/C25H18ClFINO4S2/c1-31-20-8-7-16(12-17(20)26)29-24(30)22(35-25(29)34)11-14-9-19(28)23(21(10-14)32-2)33-13-15-5-3-4-6-18(15)27/h3-12H,13H2,1-2H3/b22-11+. The molecular formula is C25H18ClFINO4S2. The van der Waals surface area contributed by atoms with Crippen molar-refractivity contribution >= 4 is 80.2 Å². The lowest BCUT2D eigenvalue weighted by molar-refractivity contribution is -0.113. The molecule has 180 valence electrons. The van der Waals surface area contributed by atoms with E-state index >= 15 is 0 Å². The van der Waals surface area contributed by atoms with Crippen molar-refractivity contribution in [3.8, 4) is 17.2 Å². The number of halogens is 3. The minimum Gasteiger partial charge on any atom is -0.495 e. The van der Waals surface area contributed by atoms with Gasteiger partial charge in [0, 0.05) is 5.56 Å². The first-order valence-corrected chi connectivity index (χ1v) is 12.9. The molecule has 1 heterocycles. The normalized spacial score (nSPS) is 14.5. The van der Waals surface area contributed by atoms with Gasteiger partial charge in [-0.15, -0.1) is 0 Å². The van der Waals surface area contributed by atoms with Gasteiger partial charge in [0.2, 0.25) is 0 Å². The number of thiocarbonyl (C=S) groups is 1. The van der Waals surface area contributed by atoms with Crippen LogP contribution in [0.2, 0.25) is 5.02 Å². The number of hydrogen-bond acceptors (Lipinski definition) is 6. The summed E-state index contributed by atoms with van der Waals surface area (Å²) >= 11 is 15.0. The highest BCUT2D eigenvalue weighted by Gasteiger charge is 2.33. The van der Waals surface area contributed by atoms with Crippen LogP contribution < -0.4 is 19.1 Å². The number of thioether (sulfide) groups is 1. The number of rotatable bonds is 7. The second-order valence-corrected chi connectivity index (χ2v) is 10.5. The van der Waals surface area contributed by atoms with Crippen LogP contribution in [-0.4, -0.2) is 24.4 Å². The van der Waals surface area contributed by atoms with Gasteiger partial charge < -0.3 is 14.2 Å². The molecule has 0 atom stereocenters. The Bertz CT molecular complexity index is 1350. The van der Waals surface area contributed by atoms with Crippen LogP contribution in [0.25, 0.3) is 6.08 Å². The fourth-order valence-corrected chi connectivity index (χ4v) is 5.70. The van der Waals surface area contributed by atoms with Gasteiger partial charge in [0.15, 0.2) is 15.8 Å². The Morgan fingerprint density at radius 3 is 2.54 bits per heavy atom. The number of ether oxygens (including phenoxy) is 3. The summed E-state index contributed by atoms with van der Waals surface area (Å²) in [6.45, 7) is 0.0570. The number of benzene rings is 3. The maximum absolute atomic E-state index is 14.0. The molecule has 0 saturated carbocycles. The Kier molecular flexibility index (Phi) is 8.20. The van der Waals surface area contributed by atoms with Gasteiger partial charge >= 0.3 is 0 Å². The quantitative estimate of drug-likeness (QED) is 0.156. The van der Waals surface area contributed by atoms with Gasteiger partial charge in [0.1, 0.15) is 18.2 Å². The molecule has 0 N–H and O–H groups in total. The molecule has 0 unspecified atom stereocenters. The summed E-state index contributed by atoms with van der Waals surface area (Å²) in [5.74, 6) is 0.884. The van der Waals surface area contributed by atoms with Gasteiger partial charge in [-0.05, 0) is 70.6 Å². The van der Waals surface area contributed by atoms with Gasteiger partial charge in [0.05, 0.1) is 33.4 Å². The van der Waals surface area contributed by atoms with Crippen LogP contribution >= 0.6 is 58.2 Å². The Balaban J connectivity index is 1.59. The van der Waals surface area contributed by atoms with Crippen molar-refractivity contribution in [1.82, 2.24) is 0 Å². The van der Waals surface area contributed by atoms with Crippen molar-refractivity contribution in [1.29, 1.82) is 0 Å². The van der Waals surface area contributed by atoms with Gasteiger partial charge in [-0.1, -0.05) is 53.8 Å². The number of methoxy groups -OCH3 is 2. The van der Waals surface area contributed by atoms with E-state index in [4.69, 9.17) is 38.0 Å². The van der Waals surface area contributed by atoms with Crippen LogP contribution in [0.4, 0.5) is 10.1 Å². The zero-order chi connectivity index (χ0) is 25.1. The molecule has 4 rings (SSSR count). The molecule has 1 amide bonds. The van der Waals surface area contributed by atoms with Gasteiger partial charge in [-0.2, -0.15) is 0 Å². The van der Waals surface area contributed by atoms with E-state index in [0.29, 0.717) is 42.7 Å². The van der Waals surface area contributed by atoms with Crippen LogP contribution in [0.15, 0.2) is 59.5 Å². The van der Waals surface area contributed by atoms with Crippen molar-refractivity contribution in [2.75, 3.05) is 19.1 Å². The molecule has 0 aromatic heterocycles. The molecule has 0 aliphatic carbocycles. The second-order valence-electron chi connectivity index (χ2n) is 7.25. The van der Waals surface area contributed by atoms with Gasteiger partial charge in [0.25, 0.3) is 5.91 Å². The molecule has 1 saturated heterocycles. The number of amides is 1. The lowest BCUT2D eigenvalue weighted by Crippen LogP contribution is -2.27. The van der Waals surface area contributed by atoms with Crippen LogP contribution in [0.1, 0.15) is 11.1 Å². The van der Waals surface area contributed by atoms with Gasteiger partial charge in [-0.25, -0.2) is 4.39 Å². The van der Waals surface area contributed by atoms with Crippen molar-refractivity contribution in [3.05, 3.63) is 85.0 Å². The Morgan fingerprint density at radius 1 is 1.11 bits per heavy atom. The minimum atomic E-state index is -0.335. The molecular weight excluding hydrogens is 624 g/mol. The van der Waals surface area contributed by atoms with E-state index in [1.165, 1.54) is 36.9 Å². The Hall–Kier alpha value is -2.34. The highest BCUT2D eigenvalue weighted by atomic mass is 127. The van der Waals surface area contributed by atoms with E-state index in [-0.39, 0.29) is 18.3 Å². The topological polar surface area (TPSA) is 48.0 Å². The molecule has 0 radical (unpaired) electrons. The third-order valence-corrected chi connectivity index (χ3v) is 7.47. The smallest absolute Gasteiger partial charge is 0.270 e. The molecule has 5 nitrogen and oxygen atoms in total. The van der Waals surface area contributed by atoms with E-state index < -0.39 is 0 Å². The third kappa shape index (κ3) is 5.58. The summed E-state index contributed by atoms with van der Waals surface area (Å²) in [4.78, 5) is 15.1. The van der Waals surface area contributed by atoms with Gasteiger partial charge in [-0.3, -0.25) is 9.69 Å². The summed E-state index contributed by atoms with van der Waals surface area (Å²) in [7, 11) is 3.05. The monoisotopic (exact) mass is 641 g/mol. The molecule has 3 aromatic rings. The number of anilines is 1. The van der Waals surface area contributed by atoms with Crippen LogP contribution in [-0.2, 0) is 11.4 Å². The Labute approximate surface area is 230 Å². The zero-order valence-corrected chi connectivity index (χ0v) is 23.1. The third-order valence-electron chi connectivity index (χ3n) is 5.07. The first kappa shape index (κ1) is 25.7. The average molecular weight is 642 g/mol. The summed E-state index contributed by atoms with van der Waals surface area (Å²) in [6.07, 6.45) is 1.75. The van der Waals surface area contributed by atoms with Crippen molar-refractivity contribution in [3.63, 3.8) is 0 Å².